The van der Waals surface area contributed by atoms with Crippen LogP contribution in [0, 0.1) is 5.41 Å². The first-order chi connectivity index (χ1) is 5.49. The van der Waals surface area contributed by atoms with Gasteiger partial charge in [0.05, 0.1) is 0 Å². The van der Waals surface area contributed by atoms with Crippen molar-refractivity contribution >= 4 is 32.2 Å². The molecule has 0 bridgehead atoms. The first-order valence-corrected chi connectivity index (χ1v) is 3.31. The summed E-state index contributed by atoms with van der Waals surface area (Å²) in [7, 11) is 10.2. The van der Waals surface area contributed by atoms with Crippen molar-refractivity contribution in [2.24, 2.45) is 0 Å². The first kappa shape index (κ1) is 10.8. The summed E-state index contributed by atoms with van der Waals surface area (Å²) in [5, 5.41) is 7.09. The Morgan fingerprint density at radius 1 is 1.58 bits per heavy atom. The van der Waals surface area contributed by atoms with E-state index in [0.29, 0.717) is 5.57 Å². The van der Waals surface area contributed by atoms with Gasteiger partial charge in [-0.3, -0.25) is 0 Å². The molecule has 57 valence electrons. The normalized spacial score (nSPS) is 10.5. The average Bonchev–Trinajstić information content (AvgIpc) is 1.98. The summed E-state index contributed by atoms with van der Waals surface area (Å²) in [5.41, 5.74) is 0.258. The van der Waals surface area contributed by atoms with Gasteiger partial charge in [0.15, 0.2) is 0 Å². The van der Waals surface area contributed by atoms with Crippen LogP contribution in [0.1, 0.15) is 6.92 Å². The number of carbonyl (C=O) groups excluding carboxylic acids is 1. The molecular weight excluding hydrogens is 148 g/mol. The molecule has 0 fully saturated rings. The van der Waals surface area contributed by atoms with Crippen LogP contribution in [0.5, 0.6) is 0 Å². The molecule has 0 aliphatic rings. The Balaban J connectivity index is 4.72. The van der Waals surface area contributed by atoms with Gasteiger partial charge < -0.3 is 0 Å². The predicted molar refractivity (Wildman–Crippen MR) is 53.2 cm³/mol. The van der Waals surface area contributed by atoms with Crippen molar-refractivity contribution in [3.63, 3.8) is 0 Å². The average molecular weight is 156 g/mol. The van der Waals surface area contributed by atoms with Crippen LogP contribution < -0.4 is 0 Å². The van der Waals surface area contributed by atoms with Gasteiger partial charge in [0.2, 0.25) is 0 Å². The second kappa shape index (κ2) is 4.65. The molecular formula is C8H8B2NO. The van der Waals surface area contributed by atoms with Gasteiger partial charge in [-0.25, -0.2) is 0 Å². The number of nitrogens with one attached hydrogen (secondary N) is 1. The Bertz CT molecular complexity index is 279. The van der Waals surface area contributed by atoms with Crippen LogP contribution in [0.15, 0.2) is 24.3 Å². The van der Waals surface area contributed by atoms with E-state index in [2.05, 4.69) is 6.58 Å². The van der Waals surface area contributed by atoms with Gasteiger partial charge in [0.25, 0.3) is 0 Å². The third-order valence-corrected chi connectivity index (χ3v) is 1.24. The quantitative estimate of drug-likeness (QED) is 0.268. The van der Waals surface area contributed by atoms with Gasteiger partial charge in [-0.2, -0.15) is 0 Å². The Hall–Kier alpha value is -1.18. The van der Waals surface area contributed by atoms with Crippen molar-refractivity contribution in [1.82, 2.24) is 0 Å². The van der Waals surface area contributed by atoms with Crippen molar-refractivity contribution in [3.05, 3.63) is 24.3 Å². The molecule has 0 saturated heterocycles. The number of ketones is 1. The van der Waals surface area contributed by atoms with E-state index in [0.717, 1.165) is 0 Å². The summed E-state index contributed by atoms with van der Waals surface area (Å²) < 4.78 is 0. The van der Waals surface area contributed by atoms with E-state index in [1.54, 1.807) is 0 Å². The Morgan fingerprint density at radius 2 is 2.08 bits per heavy atom. The molecule has 1 N–H and O–H groups in total. The van der Waals surface area contributed by atoms with Crippen LogP contribution in [0.25, 0.3) is 0 Å². The van der Waals surface area contributed by atoms with Crippen molar-refractivity contribution in [3.8, 4) is 0 Å². The van der Waals surface area contributed by atoms with E-state index in [4.69, 9.17) is 20.7 Å². The summed E-state index contributed by atoms with van der Waals surface area (Å²) in [6.45, 7) is 4.80. The third-order valence-electron chi connectivity index (χ3n) is 1.24. The SMILES string of the molecule is [B]C(=[B])C(=N)/C=C(\C=C)C(C)=O. The zero-order valence-electron chi connectivity index (χ0n) is 6.92. The van der Waals surface area contributed by atoms with Crippen molar-refractivity contribution < 1.29 is 4.79 Å². The number of hydrogen-bond donors (Lipinski definition) is 1. The summed E-state index contributed by atoms with van der Waals surface area (Å²) in [4.78, 5) is 10.8. The second-order valence-corrected chi connectivity index (χ2v) is 2.23. The van der Waals surface area contributed by atoms with Crippen molar-refractivity contribution in [2.75, 3.05) is 0 Å². The number of hydrogen-bond acceptors (Lipinski definition) is 2. The number of allylic oxidation sites excluding steroid dienone is 3. The van der Waals surface area contributed by atoms with E-state index >= 15 is 0 Å². The Morgan fingerprint density at radius 3 is 2.33 bits per heavy atom. The summed E-state index contributed by atoms with van der Waals surface area (Å²) in [6, 6.07) is 0. The van der Waals surface area contributed by atoms with Gasteiger partial charge in [0, 0.05) is 0 Å². The molecule has 0 aliphatic carbocycles. The molecule has 2 nitrogen and oxygen atoms in total. The summed E-state index contributed by atoms with van der Waals surface area (Å²) in [6.07, 6.45) is 2.64. The minimum atomic E-state index is -0.170. The van der Waals surface area contributed by atoms with E-state index < -0.39 is 0 Å². The molecule has 3 radical (unpaired) electrons. The molecule has 4 heteroatoms. The topological polar surface area (TPSA) is 40.9 Å². The standard InChI is InChI=1S/C8H8B2NO/c1-3-6(5(2)12)4-7(11)8(9)10/h3-4,11H,1H2,2H3/b6-4+,11-7?. The minimum absolute atomic E-state index is 0.0694. The monoisotopic (exact) mass is 156 g/mol. The molecule has 0 amide bonds. The van der Waals surface area contributed by atoms with E-state index in [9.17, 15) is 4.79 Å². The molecule has 0 aromatic carbocycles. The zero-order valence-corrected chi connectivity index (χ0v) is 6.92. The van der Waals surface area contributed by atoms with E-state index in [1.165, 1.54) is 19.1 Å². The van der Waals surface area contributed by atoms with Gasteiger partial charge in [-0.15, -0.1) is 0 Å². The Kier molecular flexibility index (Phi) is 4.19. The molecule has 0 aliphatic heterocycles. The van der Waals surface area contributed by atoms with Gasteiger partial charge >= 0.3 is 73.6 Å². The predicted octanol–water partition coefficient (Wildman–Crippen LogP) is 0.174. The van der Waals surface area contributed by atoms with E-state index in [1.807, 2.05) is 0 Å². The fourth-order valence-corrected chi connectivity index (χ4v) is 0.543. The molecule has 0 spiro atoms. The maximum atomic E-state index is 10.8. The molecule has 0 unspecified atom stereocenters. The van der Waals surface area contributed by atoms with Crippen LogP contribution in [0.2, 0.25) is 0 Å². The Labute approximate surface area is 74.4 Å². The molecule has 0 aromatic heterocycles. The van der Waals surface area contributed by atoms with E-state index in [-0.39, 0.29) is 16.9 Å². The molecule has 0 heterocycles. The van der Waals surface area contributed by atoms with Gasteiger partial charge in [-0.1, -0.05) is 0 Å². The molecule has 0 atom stereocenters. The van der Waals surface area contributed by atoms with Crippen LogP contribution in [0.3, 0.4) is 0 Å². The first-order valence-electron chi connectivity index (χ1n) is 3.31. The van der Waals surface area contributed by atoms with Gasteiger partial charge in [-0.05, 0) is 0 Å². The van der Waals surface area contributed by atoms with Crippen molar-refractivity contribution in [2.45, 2.75) is 6.92 Å². The van der Waals surface area contributed by atoms with Crippen LogP contribution in [-0.4, -0.2) is 32.2 Å². The molecule has 0 saturated carbocycles. The van der Waals surface area contributed by atoms with Crippen molar-refractivity contribution in [1.29, 1.82) is 5.41 Å². The van der Waals surface area contributed by atoms with Crippen LogP contribution >= 0.6 is 0 Å². The number of carbonyl (C=O) groups is 1. The van der Waals surface area contributed by atoms with Crippen LogP contribution in [-0.2, 0) is 4.79 Å². The second-order valence-electron chi connectivity index (χ2n) is 2.23. The molecule has 12 heavy (non-hydrogen) atoms. The summed E-state index contributed by atoms with van der Waals surface area (Å²) in [5.74, 6) is -0.170. The maximum absolute atomic E-state index is 10.8. The fraction of sp³-hybridized carbons (Fsp3) is 0.125. The fourth-order valence-electron chi connectivity index (χ4n) is 0.543. The van der Waals surface area contributed by atoms with Gasteiger partial charge in [0.1, 0.15) is 0 Å². The number of rotatable bonds is 4. The molecule has 0 rings (SSSR count). The zero-order chi connectivity index (χ0) is 9.72. The molecule has 0 aromatic rings. The summed E-state index contributed by atoms with van der Waals surface area (Å²) >= 11 is 0. The van der Waals surface area contributed by atoms with Crippen LogP contribution in [0.4, 0.5) is 0 Å². The number of Topliss-reactive ketones (excluding diaryl/α,β-unsaturated/α-hetero) is 1. The third kappa shape index (κ3) is 3.28.